The summed E-state index contributed by atoms with van der Waals surface area (Å²) in [5.41, 5.74) is -0.120. The van der Waals surface area contributed by atoms with Gasteiger partial charge in [0.25, 0.3) is 0 Å². The van der Waals surface area contributed by atoms with E-state index in [0.29, 0.717) is 6.42 Å². The lowest BCUT2D eigenvalue weighted by Crippen LogP contribution is -2.19. The predicted octanol–water partition coefficient (Wildman–Crippen LogP) is 0.909. The highest BCUT2D eigenvalue weighted by Gasteiger charge is 2.24. The van der Waals surface area contributed by atoms with Crippen LogP contribution in [0.4, 0.5) is 0 Å². The average molecular weight is 273 g/mol. The van der Waals surface area contributed by atoms with Crippen molar-refractivity contribution in [3.8, 4) is 5.75 Å². The van der Waals surface area contributed by atoms with Gasteiger partial charge in [-0.05, 0) is 18.6 Å². The molecule has 0 aliphatic carbocycles. The number of hydrogen-bond acceptors (Lipinski definition) is 5. The molecule has 7 heteroatoms. The molecule has 0 fully saturated rings. The molecule has 0 bridgehead atoms. The van der Waals surface area contributed by atoms with Crippen molar-refractivity contribution in [3.05, 3.63) is 23.8 Å². The molecule has 2 N–H and O–H groups in total. The van der Waals surface area contributed by atoms with Gasteiger partial charge in [0.05, 0.1) is 19.3 Å². The third-order valence-electron chi connectivity index (χ3n) is 2.14. The zero-order valence-electron chi connectivity index (χ0n) is 10.2. The highest BCUT2D eigenvalue weighted by Crippen LogP contribution is 2.26. The van der Waals surface area contributed by atoms with Gasteiger partial charge < -0.3 is 9.47 Å². The highest BCUT2D eigenvalue weighted by molar-refractivity contribution is 7.89. The Kier molecular flexibility index (Phi) is 4.69. The maximum atomic E-state index is 11.7. The third kappa shape index (κ3) is 3.21. The van der Waals surface area contributed by atoms with Gasteiger partial charge in [0.2, 0.25) is 10.0 Å². The first-order chi connectivity index (χ1) is 8.41. The number of sulfonamides is 1. The van der Waals surface area contributed by atoms with E-state index < -0.39 is 16.0 Å². The van der Waals surface area contributed by atoms with Crippen LogP contribution in [-0.2, 0) is 14.8 Å². The van der Waals surface area contributed by atoms with Crippen LogP contribution in [0.25, 0.3) is 0 Å². The monoisotopic (exact) mass is 273 g/mol. The maximum absolute atomic E-state index is 11.7. The summed E-state index contributed by atoms with van der Waals surface area (Å²) in [6, 6.07) is 4.24. The van der Waals surface area contributed by atoms with Gasteiger partial charge in [-0.15, -0.1) is 0 Å². The number of methoxy groups -OCH3 is 1. The summed E-state index contributed by atoms with van der Waals surface area (Å²) in [6.45, 7) is 2.04. The molecule has 0 spiro atoms. The lowest BCUT2D eigenvalue weighted by atomic mass is 10.2. The Hall–Kier alpha value is -1.60. The van der Waals surface area contributed by atoms with Gasteiger partial charge in [0.1, 0.15) is 10.6 Å². The van der Waals surface area contributed by atoms with Crippen LogP contribution in [0, 0.1) is 0 Å². The van der Waals surface area contributed by atoms with Crippen LogP contribution in [0.1, 0.15) is 23.7 Å². The Balaban J connectivity index is 3.32. The minimum atomic E-state index is -4.07. The Labute approximate surface area is 106 Å². The van der Waals surface area contributed by atoms with E-state index in [2.05, 4.69) is 0 Å². The molecule has 0 radical (unpaired) electrons. The zero-order chi connectivity index (χ0) is 13.8. The molecule has 0 saturated heterocycles. The van der Waals surface area contributed by atoms with E-state index >= 15 is 0 Å². The van der Waals surface area contributed by atoms with Crippen molar-refractivity contribution in [2.45, 2.75) is 18.2 Å². The number of hydrogen-bond donors (Lipinski definition) is 1. The van der Waals surface area contributed by atoms with Crippen molar-refractivity contribution in [2.75, 3.05) is 13.7 Å². The minimum absolute atomic E-state index is 0.0171. The Morgan fingerprint density at radius 2 is 2.06 bits per heavy atom. The van der Waals surface area contributed by atoms with E-state index in [-0.39, 0.29) is 22.8 Å². The number of ether oxygens (including phenoxy) is 2. The fourth-order valence-corrected chi connectivity index (χ4v) is 2.29. The number of nitrogens with two attached hydrogens (primary N) is 1. The molecule has 100 valence electrons. The third-order valence-corrected chi connectivity index (χ3v) is 3.13. The molecule has 0 aliphatic heterocycles. The molecule has 6 nitrogen and oxygen atoms in total. The molecule has 0 aliphatic rings. The summed E-state index contributed by atoms with van der Waals surface area (Å²) >= 11 is 0. The summed E-state index contributed by atoms with van der Waals surface area (Å²) in [5.74, 6) is -0.719. The molecule has 1 aromatic carbocycles. The lowest BCUT2D eigenvalue weighted by Gasteiger charge is -2.11. The van der Waals surface area contributed by atoms with Crippen LogP contribution in [0.2, 0.25) is 0 Å². The summed E-state index contributed by atoms with van der Waals surface area (Å²) in [7, 11) is -2.78. The molecule has 0 heterocycles. The predicted molar refractivity (Wildman–Crippen MR) is 64.9 cm³/mol. The van der Waals surface area contributed by atoms with Crippen molar-refractivity contribution in [1.82, 2.24) is 0 Å². The molecule has 18 heavy (non-hydrogen) atoms. The van der Waals surface area contributed by atoms with Gasteiger partial charge in [-0.25, -0.2) is 18.4 Å². The van der Waals surface area contributed by atoms with Crippen molar-refractivity contribution in [2.24, 2.45) is 5.14 Å². The van der Waals surface area contributed by atoms with Crippen LogP contribution < -0.4 is 9.88 Å². The normalized spacial score (nSPS) is 11.1. The Morgan fingerprint density at radius 1 is 1.39 bits per heavy atom. The van der Waals surface area contributed by atoms with E-state index in [1.807, 2.05) is 6.92 Å². The molecule has 1 rings (SSSR count). The van der Waals surface area contributed by atoms with Crippen LogP contribution in [0.5, 0.6) is 5.75 Å². The summed E-state index contributed by atoms with van der Waals surface area (Å²) in [6.07, 6.45) is 0.639. The second kappa shape index (κ2) is 5.83. The van der Waals surface area contributed by atoms with Gasteiger partial charge in [0, 0.05) is 0 Å². The first-order valence-corrected chi connectivity index (χ1v) is 6.83. The number of benzene rings is 1. The number of esters is 1. The largest absolute Gasteiger partial charge is 0.495 e. The molecule has 0 atom stereocenters. The topological polar surface area (TPSA) is 95.7 Å². The van der Waals surface area contributed by atoms with Gasteiger partial charge in [-0.1, -0.05) is 13.0 Å². The van der Waals surface area contributed by atoms with Gasteiger partial charge in [0.15, 0.2) is 0 Å². The summed E-state index contributed by atoms with van der Waals surface area (Å²) in [5, 5.41) is 5.08. The fraction of sp³-hybridized carbons (Fsp3) is 0.364. The van der Waals surface area contributed by atoms with Crippen molar-refractivity contribution in [3.63, 3.8) is 0 Å². The second-order valence-electron chi connectivity index (χ2n) is 3.52. The Morgan fingerprint density at radius 3 is 2.56 bits per heavy atom. The molecule has 1 aromatic rings. The van der Waals surface area contributed by atoms with E-state index in [1.165, 1.54) is 25.3 Å². The maximum Gasteiger partial charge on any atom is 0.339 e. The number of rotatable bonds is 5. The van der Waals surface area contributed by atoms with E-state index in [0.717, 1.165) is 0 Å². The first-order valence-electron chi connectivity index (χ1n) is 5.28. The summed E-state index contributed by atoms with van der Waals surface area (Å²) in [4.78, 5) is 11.4. The number of primary sulfonamides is 1. The highest BCUT2D eigenvalue weighted by atomic mass is 32.2. The standard InChI is InChI=1S/C11H15NO5S/c1-3-7-17-11(13)8-5-4-6-9(16-2)10(8)18(12,14)15/h4-6H,3,7H2,1-2H3,(H2,12,14,15). The minimum Gasteiger partial charge on any atom is -0.495 e. The average Bonchev–Trinajstić information content (AvgIpc) is 2.33. The molecular formula is C11H15NO5S. The van der Waals surface area contributed by atoms with Crippen LogP contribution in [0.3, 0.4) is 0 Å². The van der Waals surface area contributed by atoms with Crippen LogP contribution in [0.15, 0.2) is 23.1 Å². The zero-order valence-corrected chi connectivity index (χ0v) is 11.0. The van der Waals surface area contributed by atoms with Crippen molar-refractivity contribution in [1.29, 1.82) is 0 Å². The SMILES string of the molecule is CCCOC(=O)c1cccc(OC)c1S(N)(=O)=O. The molecular weight excluding hydrogens is 258 g/mol. The number of carbonyl (C=O) groups excluding carboxylic acids is 1. The van der Waals surface area contributed by atoms with E-state index in [4.69, 9.17) is 14.6 Å². The van der Waals surface area contributed by atoms with E-state index in [9.17, 15) is 13.2 Å². The molecule has 0 amide bonds. The fourth-order valence-electron chi connectivity index (χ4n) is 1.40. The quantitative estimate of drug-likeness (QED) is 0.804. The number of carbonyl (C=O) groups is 1. The van der Waals surface area contributed by atoms with Crippen molar-refractivity contribution >= 4 is 16.0 Å². The second-order valence-corrected chi connectivity index (χ2v) is 5.02. The van der Waals surface area contributed by atoms with Gasteiger partial charge in [-0.3, -0.25) is 0 Å². The molecule has 0 saturated carbocycles. The molecule has 0 unspecified atom stereocenters. The summed E-state index contributed by atoms with van der Waals surface area (Å²) < 4.78 is 32.8. The Bertz CT molecular complexity index is 538. The van der Waals surface area contributed by atoms with Gasteiger partial charge in [-0.2, -0.15) is 0 Å². The van der Waals surface area contributed by atoms with Crippen LogP contribution in [-0.4, -0.2) is 28.1 Å². The first kappa shape index (κ1) is 14.5. The van der Waals surface area contributed by atoms with E-state index in [1.54, 1.807) is 0 Å². The van der Waals surface area contributed by atoms with Crippen LogP contribution >= 0.6 is 0 Å². The van der Waals surface area contributed by atoms with Crippen molar-refractivity contribution < 1.29 is 22.7 Å². The molecule has 0 aromatic heterocycles. The lowest BCUT2D eigenvalue weighted by molar-refractivity contribution is 0.0500. The smallest absolute Gasteiger partial charge is 0.339 e. The van der Waals surface area contributed by atoms with Gasteiger partial charge >= 0.3 is 5.97 Å².